The number of benzene rings is 2. The maximum Gasteiger partial charge on any atom is 0.261 e. The Morgan fingerprint density at radius 2 is 0.564 bits per heavy atom. The summed E-state index contributed by atoms with van der Waals surface area (Å²) >= 11 is 0. The molecular weight excluding hydrogens is 1450 g/mol. The van der Waals surface area contributed by atoms with E-state index in [1.165, 1.54) is 355 Å². The van der Waals surface area contributed by atoms with Gasteiger partial charge in [0.05, 0.1) is 21.5 Å². The number of aromatic nitrogens is 2. The van der Waals surface area contributed by atoms with E-state index in [1.807, 2.05) is 6.08 Å². The van der Waals surface area contributed by atoms with Gasteiger partial charge < -0.3 is 0 Å². The molecule has 0 bridgehead atoms. The van der Waals surface area contributed by atoms with Crippen LogP contribution < -0.4 is 22.2 Å². The van der Waals surface area contributed by atoms with Gasteiger partial charge in [-0.25, -0.2) is 0 Å². The Morgan fingerprint density at radius 1 is 0.308 bits per heavy atom. The fourth-order valence-corrected chi connectivity index (χ4v) is 20.8. The van der Waals surface area contributed by atoms with Crippen molar-refractivity contribution in [3.05, 3.63) is 144 Å². The van der Waals surface area contributed by atoms with E-state index in [4.69, 9.17) is 0 Å². The van der Waals surface area contributed by atoms with Crippen molar-refractivity contribution < 1.29 is 19.2 Å². The molecule has 117 heavy (non-hydrogen) atoms. The molecule has 5 aliphatic rings. The van der Waals surface area contributed by atoms with E-state index in [0.29, 0.717) is 26.2 Å². The fraction of sp³-hybridized carbons (Fsp3) is 0.714. The number of unbranched alkanes of at least 4 members (excludes halogenated alkanes) is 36. The molecule has 4 heterocycles. The van der Waals surface area contributed by atoms with Gasteiger partial charge in [0.25, 0.3) is 45.9 Å². The van der Waals surface area contributed by atoms with Crippen LogP contribution in [0.15, 0.2) is 111 Å². The predicted octanol–water partition coefficient (Wildman–Crippen LogP) is 27.0. The molecular formula is C105H164N4O8. The highest BCUT2D eigenvalue weighted by atomic mass is 16.2. The summed E-state index contributed by atoms with van der Waals surface area (Å²) < 4.78 is 2.70. The third kappa shape index (κ3) is 35.0. The van der Waals surface area contributed by atoms with Gasteiger partial charge in [-0.1, -0.05) is 391 Å². The summed E-state index contributed by atoms with van der Waals surface area (Å²) in [7, 11) is 0. The molecule has 9 rings (SSSR count). The number of hydrogen-bond donors (Lipinski definition) is 0. The molecule has 12 heteroatoms. The quantitative estimate of drug-likeness (QED) is 0.0313. The molecule has 0 spiro atoms. The van der Waals surface area contributed by atoms with Gasteiger partial charge in [0.1, 0.15) is 0 Å². The lowest BCUT2D eigenvalue weighted by Crippen LogP contribution is -2.33. The lowest BCUT2D eigenvalue weighted by atomic mass is 9.62. The van der Waals surface area contributed by atoms with Crippen molar-refractivity contribution in [1.29, 1.82) is 0 Å². The third-order valence-electron chi connectivity index (χ3n) is 27.6. The fourth-order valence-electron chi connectivity index (χ4n) is 20.8. The smallest absolute Gasteiger partial charge is 0.261 e. The number of aryl methyl sites for hydroxylation is 1. The second kappa shape index (κ2) is 58.6. The molecule has 0 N–H and O–H groups in total. The maximum absolute atomic E-state index is 13.9. The van der Waals surface area contributed by atoms with Gasteiger partial charge in [-0.05, 0) is 148 Å². The van der Waals surface area contributed by atoms with E-state index in [1.54, 1.807) is 0 Å². The van der Waals surface area contributed by atoms with Gasteiger partial charge in [-0.3, -0.25) is 57.3 Å². The van der Waals surface area contributed by atoms with Crippen LogP contribution in [0, 0.1) is 47.3 Å². The summed E-state index contributed by atoms with van der Waals surface area (Å²) in [4.78, 5) is 106. The zero-order valence-corrected chi connectivity index (χ0v) is 74.9. The summed E-state index contributed by atoms with van der Waals surface area (Å²) in [5.74, 6) is 6.07. The molecule has 652 valence electrons. The van der Waals surface area contributed by atoms with Crippen LogP contribution in [0.3, 0.4) is 0 Å². The van der Waals surface area contributed by atoms with Crippen molar-refractivity contribution in [1.82, 2.24) is 18.9 Å². The zero-order valence-electron chi connectivity index (χ0n) is 74.9. The molecule has 4 aromatic rings. The highest BCUT2D eigenvalue weighted by Crippen LogP contribution is 2.49. The molecule has 2 fully saturated rings. The Kier molecular flexibility index (Phi) is 49.0. The first-order valence-corrected chi connectivity index (χ1v) is 49.3. The molecule has 4 amide bonds. The van der Waals surface area contributed by atoms with Crippen LogP contribution in [0.4, 0.5) is 0 Å². The second-order valence-electron chi connectivity index (χ2n) is 36.7. The molecule has 0 radical (unpaired) electrons. The largest absolute Gasteiger partial charge is 0.275 e. The molecule has 2 aliphatic heterocycles. The molecule has 12 nitrogen and oxygen atoms in total. The molecule has 8 atom stereocenters. The van der Waals surface area contributed by atoms with Gasteiger partial charge in [0.15, 0.2) is 0 Å². The monoisotopic (exact) mass is 1610 g/mol. The van der Waals surface area contributed by atoms with Crippen molar-refractivity contribution in [2.45, 2.75) is 420 Å². The predicted molar refractivity (Wildman–Crippen MR) is 495 cm³/mol. The molecule has 8 unspecified atom stereocenters. The average molecular weight is 1610 g/mol. The minimum atomic E-state index is -0.345. The number of carbonyl (C=O) groups excluding carboxylic acids is 4. The second-order valence-corrected chi connectivity index (χ2v) is 36.7. The normalized spacial score (nSPS) is 19.8. The zero-order chi connectivity index (χ0) is 83.5. The summed E-state index contributed by atoms with van der Waals surface area (Å²) in [6, 6.07) is 11.5. The summed E-state index contributed by atoms with van der Waals surface area (Å²) in [6.45, 7) is 16.9. The van der Waals surface area contributed by atoms with Crippen LogP contribution in [-0.2, 0) is 38.7 Å². The van der Waals surface area contributed by atoms with Crippen LogP contribution in [0.5, 0.6) is 0 Å². The topological polar surface area (TPSA) is 153 Å². The van der Waals surface area contributed by atoms with E-state index in [0.717, 1.165) is 131 Å². The van der Waals surface area contributed by atoms with E-state index < -0.39 is 0 Å². The van der Waals surface area contributed by atoms with Crippen molar-refractivity contribution in [3.63, 3.8) is 0 Å². The highest BCUT2D eigenvalue weighted by Gasteiger charge is 2.38. The number of imide groups is 2. The number of allylic oxidation sites excluding steroid dienone is 4. The minimum absolute atomic E-state index is 0.167. The molecule has 2 aromatic carbocycles. The third-order valence-corrected chi connectivity index (χ3v) is 27.6. The number of carbonyl (C=O) groups is 4. The molecule has 2 saturated carbocycles. The van der Waals surface area contributed by atoms with Gasteiger partial charge in [0, 0.05) is 50.5 Å². The lowest BCUT2D eigenvalue weighted by Gasteiger charge is -2.43. The van der Waals surface area contributed by atoms with Crippen molar-refractivity contribution in [2.75, 3.05) is 13.1 Å². The van der Waals surface area contributed by atoms with Crippen molar-refractivity contribution in [3.8, 4) is 0 Å². The van der Waals surface area contributed by atoms with Gasteiger partial charge >= 0.3 is 0 Å². The Balaban J connectivity index is 0.00000113. The van der Waals surface area contributed by atoms with Crippen LogP contribution in [0.25, 0.3) is 27.6 Å². The number of rotatable bonds is 62. The number of hydrogen-bond acceptors (Lipinski definition) is 8. The lowest BCUT2D eigenvalue weighted by molar-refractivity contribution is -0.138. The van der Waals surface area contributed by atoms with E-state index in [9.17, 15) is 38.4 Å². The molecule has 2 aromatic heterocycles. The van der Waals surface area contributed by atoms with Crippen LogP contribution >= 0.6 is 0 Å². The molecule has 0 saturated heterocycles. The van der Waals surface area contributed by atoms with Crippen LogP contribution in [-0.4, -0.2) is 55.7 Å². The standard InChI is InChI=1S/C90H146N4O8.C10H12.C5H6/c1-5-9-13-17-31-43-55-77-74(52-40-16-12-8-4)66-72(68-75(77)53-41-29-21-25-34-46-62-92-85(97)59-60-86(92)98)50-38-28-20-24-35-47-63-93-87(99)79-69-81-82(70-80(79)88(93)100)90(102)94(89(81)101)64-48-36-26-22-30-42-54-76-67-71(49-37-27-19-23-33-45-61-91-83(95)57-58-84(91)96)65-73(51-39-15-11-7-3)78(76)56-44-32-18-14-10-6-2;1-3-9-5-7-10(4-2)8-6-9;1-2-4-5-3-1/h57-60,69-78H,5-56,61-68H2,1-4H3;3,5-8H,1,4H2,2H3;1-4H,5H2. The first kappa shape index (κ1) is 97.8. The number of fused-ring (bicyclic) bond motifs is 2. The Hall–Kier alpha value is -6.30. The van der Waals surface area contributed by atoms with E-state index >= 15 is 0 Å². The van der Waals surface area contributed by atoms with E-state index in [-0.39, 0.29) is 67.4 Å². The van der Waals surface area contributed by atoms with Gasteiger partial charge in [-0.2, -0.15) is 0 Å². The SMILES string of the molecule is C1=CCC=C1.C=Cc1ccc(CC)cc1.CCCCCCCCC1C(CCCCCC)CC(CCCCCCCCn2c(=O)c3cc4c(=O)n(CCCCCCCCC5CC(CCCCCCCCN6C(=O)C=CC6=O)CC(CCCCCC)C5CCCCCCCC)c(=O)c4cc3c2=O)CC1CCCCCCCCN1C(=O)C=CC1=O. The summed E-state index contributed by atoms with van der Waals surface area (Å²) in [5.41, 5.74) is 1.19. The van der Waals surface area contributed by atoms with Gasteiger partial charge in [-0.15, -0.1) is 0 Å². The van der Waals surface area contributed by atoms with Gasteiger partial charge in [0.2, 0.25) is 0 Å². The Morgan fingerprint density at radius 3 is 0.838 bits per heavy atom. The first-order chi connectivity index (χ1) is 57.2. The van der Waals surface area contributed by atoms with Crippen LogP contribution in [0.1, 0.15) is 412 Å². The van der Waals surface area contributed by atoms with Crippen molar-refractivity contribution >= 4 is 51.2 Å². The first-order valence-electron chi connectivity index (χ1n) is 49.3. The summed E-state index contributed by atoms with van der Waals surface area (Å²) in [6.07, 6.45) is 88.6. The highest BCUT2D eigenvalue weighted by molar-refractivity contribution is 6.13. The number of nitrogens with zero attached hydrogens (tertiary/aromatic N) is 4. The Labute approximate surface area is 710 Å². The van der Waals surface area contributed by atoms with E-state index in [2.05, 4.69) is 89.8 Å². The number of amides is 4. The minimum Gasteiger partial charge on any atom is -0.275 e. The maximum atomic E-state index is 13.9. The van der Waals surface area contributed by atoms with Crippen LogP contribution in [0.2, 0.25) is 0 Å². The average Bonchev–Trinajstić information content (AvgIpc) is 1.59. The van der Waals surface area contributed by atoms with Crippen molar-refractivity contribution in [2.24, 2.45) is 47.3 Å². The summed E-state index contributed by atoms with van der Waals surface area (Å²) in [5, 5.41) is 1.03. The molecule has 3 aliphatic carbocycles. The Bertz CT molecular complexity index is 3680.